The third-order valence-corrected chi connectivity index (χ3v) is 4.59. The van der Waals surface area contributed by atoms with E-state index in [0.29, 0.717) is 12.1 Å². The van der Waals surface area contributed by atoms with Gasteiger partial charge in [0.25, 0.3) is 12.2 Å². The van der Waals surface area contributed by atoms with E-state index in [0.717, 1.165) is 6.42 Å². The summed E-state index contributed by atoms with van der Waals surface area (Å²) in [6, 6.07) is 0. The van der Waals surface area contributed by atoms with Gasteiger partial charge in [-0.3, -0.25) is 4.79 Å². The van der Waals surface area contributed by atoms with Crippen LogP contribution in [0.15, 0.2) is 11.8 Å². The van der Waals surface area contributed by atoms with Crippen molar-refractivity contribution in [3.63, 3.8) is 0 Å². The molecule has 1 aliphatic carbocycles. The summed E-state index contributed by atoms with van der Waals surface area (Å²) in [5.74, 6) is -0.304. The van der Waals surface area contributed by atoms with Crippen LogP contribution in [0, 0.1) is 11.8 Å². The van der Waals surface area contributed by atoms with Crippen LogP contribution in [0.4, 0.5) is 4.79 Å². The Balaban J connectivity index is 1.83. The minimum Gasteiger partial charge on any atom is -0.461 e. The highest BCUT2D eigenvalue weighted by Gasteiger charge is 2.70. The number of hydrogen-bond donors (Lipinski definition) is 2. The average Bonchev–Trinajstić information content (AvgIpc) is 3.01. The lowest BCUT2D eigenvalue weighted by molar-refractivity contribution is -0.142. The van der Waals surface area contributed by atoms with Crippen LogP contribution in [0.1, 0.15) is 20.3 Å². The predicted octanol–water partition coefficient (Wildman–Crippen LogP) is 0.512. The highest BCUT2D eigenvalue weighted by Crippen LogP contribution is 2.60. The molecule has 0 unspecified atom stereocenters. The number of carbonyl (C=O) groups excluding carboxylic acids is 2. The quantitative estimate of drug-likeness (QED) is 0.741. The second kappa shape index (κ2) is 4.91. The molecule has 2 amide bonds. The lowest BCUT2D eigenvalue weighted by Gasteiger charge is -2.36. The summed E-state index contributed by atoms with van der Waals surface area (Å²) in [4.78, 5) is 23.6. The van der Waals surface area contributed by atoms with E-state index in [1.807, 2.05) is 13.8 Å². The summed E-state index contributed by atoms with van der Waals surface area (Å²) in [6.07, 6.45) is 0.990. The molecule has 1 saturated heterocycles. The Hall–Kier alpha value is -1.76. The van der Waals surface area contributed by atoms with Crippen LogP contribution in [0.2, 0.25) is 0 Å². The Kier molecular flexibility index (Phi) is 3.32. The Labute approximate surface area is 123 Å². The van der Waals surface area contributed by atoms with Gasteiger partial charge in [0.2, 0.25) is 0 Å². The highest BCUT2D eigenvalue weighted by atomic mass is 16.7. The van der Waals surface area contributed by atoms with Gasteiger partial charge in [-0.1, -0.05) is 0 Å². The zero-order valence-corrected chi connectivity index (χ0v) is 12.3. The van der Waals surface area contributed by atoms with Crippen molar-refractivity contribution in [2.75, 3.05) is 13.6 Å². The van der Waals surface area contributed by atoms with Gasteiger partial charge in [-0.05, 0) is 20.3 Å². The summed E-state index contributed by atoms with van der Waals surface area (Å²) >= 11 is 0. The number of amides is 2. The molecule has 7 nitrogen and oxygen atoms in total. The van der Waals surface area contributed by atoms with Crippen LogP contribution < -0.4 is 10.6 Å². The molecule has 7 heteroatoms. The maximum atomic E-state index is 12.1. The van der Waals surface area contributed by atoms with Crippen LogP contribution in [0.3, 0.4) is 0 Å². The van der Waals surface area contributed by atoms with Gasteiger partial charge in [0.15, 0.2) is 0 Å². The van der Waals surface area contributed by atoms with E-state index in [-0.39, 0.29) is 29.4 Å². The average molecular weight is 296 g/mol. The lowest BCUT2D eigenvalue weighted by Crippen LogP contribution is -2.45. The summed E-state index contributed by atoms with van der Waals surface area (Å²) in [7, 11) is 1.49. The maximum absolute atomic E-state index is 12.1. The molecule has 0 radical (unpaired) electrons. The van der Waals surface area contributed by atoms with Crippen LogP contribution in [-0.4, -0.2) is 43.6 Å². The molecule has 3 rings (SSSR count). The Bertz CT molecular complexity index is 506. The summed E-state index contributed by atoms with van der Waals surface area (Å²) < 4.78 is 16.5. The number of nitrogens with one attached hydrogen (secondary N) is 2. The van der Waals surface area contributed by atoms with Gasteiger partial charge in [0.05, 0.1) is 23.9 Å². The van der Waals surface area contributed by atoms with E-state index in [4.69, 9.17) is 14.2 Å². The third kappa shape index (κ3) is 2.16. The van der Waals surface area contributed by atoms with Crippen LogP contribution >= 0.6 is 0 Å². The molecule has 0 aromatic rings. The number of carbonyl (C=O) groups is 2. The zero-order chi connectivity index (χ0) is 15.2. The normalized spacial score (nSPS) is 39.3. The maximum Gasteiger partial charge on any atom is 0.409 e. The number of alkyl carbamates (subject to hydrolysis) is 1. The lowest BCUT2D eigenvalue weighted by atomic mass is 9.82. The Morgan fingerprint density at radius 1 is 1.52 bits per heavy atom. The van der Waals surface area contributed by atoms with Gasteiger partial charge in [0, 0.05) is 19.5 Å². The van der Waals surface area contributed by atoms with Crippen molar-refractivity contribution >= 4 is 12.0 Å². The van der Waals surface area contributed by atoms with Crippen molar-refractivity contribution in [2.24, 2.45) is 11.8 Å². The first-order valence-corrected chi connectivity index (χ1v) is 7.21. The Morgan fingerprint density at radius 2 is 2.29 bits per heavy atom. The predicted molar refractivity (Wildman–Crippen MR) is 72.1 cm³/mol. The third-order valence-electron chi connectivity index (χ3n) is 4.59. The first-order chi connectivity index (χ1) is 10.0. The molecule has 0 spiro atoms. The van der Waals surface area contributed by atoms with Gasteiger partial charge >= 0.3 is 6.09 Å². The molecular formula is C14H20N2O5. The molecule has 2 fully saturated rings. The van der Waals surface area contributed by atoms with E-state index in [2.05, 4.69) is 10.6 Å². The van der Waals surface area contributed by atoms with Gasteiger partial charge < -0.3 is 24.8 Å². The van der Waals surface area contributed by atoms with Gasteiger partial charge in [-0.2, -0.15) is 0 Å². The fraction of sp³-hybridized carbons (Fsp3) is 0.714. The number of rotatable bonds is 3. The highest BCUT2D eigenvalue weighted by molar-refractivity contribution is 5.94. The molecule has 3 aliphatic rings. The van der Waals surface area contributed by atoms with Gasteiger partial charge in [-0.15, -0.1) is 0 Å². The number of epoxide rings is 1. The first kappa shape index (κ1) is 14.2. The second-order valence-electron chi connectivity index (χ2n) is 5.75. The SMILES string of the molecule is CCNC(=O)C1=CO[C@@H](OC(=O)NC)[C@H]2[C@@H]1C[C@@H]1O[C@]21C. The van der Waals surface area contributed by atoms with Crippen molar-refractivity contribution < 1.29 is 23.8 Å². The molecule has 5 atom stereocenters. The summed E-state index contributed by atoms with van der Waals surface area (Å²) in [6.45, 7) is 4.41. The minimum absolute atomic E-state index is 0.0105. The minimum atomic E-state index is -0.731. The number of ether oxygens (including phenoxy) is 3. The molecule has 0 bridgehead atoms. The van der Waals surface area contributed by atoms with Crippen molar-refractivity contribution in [1.29, 1.82) is 0 Å². The summed E-state index contributed by atoms with van der Waals surface area (Å²) in [5, 5.41) is 5.19. The smallest absolute Gasteiger partial charge is 0.409 e. The number of hydrogen-bond acceptors (Lipinski definition) is 5. The largest absolute Gasteiger partial charge is 0.461 e. The molecule has 2 N–H and O–H groups in total. The van der Waals surface area contributed by atoms with Crippen LogP contribution in [0.25, 0.3) is 0 Å². The van der Waals surface area contributed by atoms with E-state index < -0.39 is 12.4 Å². The molecule has 21 heavy (non-hydrogen) atoms. The van der Waals surface area contributed by atoms with E-state index >= 15 is 0 Å². The Morgan fingerprint density at radius 3 is 2.95 bits per heavy atom. The molecule has 0 aromatic heterocycles. The van der Waals surface area contributed by atoms with Crippen molar-refractivity contribution in [3.8, 4) is 0 Å². The molecule has 0 aromatic carbocycles. The fourth-order valence-electron chi connectivity index (χ4n) is 3.47. The topological polar surface area (TPSA) is 89.2 Å². The van der Waals surface area contributed by atoms with E-state index in [9.17, 15) is 9.59 Å². The molecule has 1 saturated carbocycles. The molecule has 116 valence electrons. The van der Waals surface area contributed by atoms with Gasteiger partial charge in [0.1, 0.15) is 5.60 Å². The second-order valence-corrected chi connectivity index (χ2v) is 5.75. The van der Waals surface area contributed by atoms with Crippen molar-refractivity contribution in [2.45, 2.75) is 38.3 Å². The molecule has 2 heterocycles. The van der Waals surface area contributed by atoms with Crippen molar-refractivity contribution in [1.82, 2.24) is 10.6 Å². The number of fused-ring (bicyclic) bond motifs is 3. The van der Waals surface area contributed by atoms with Crippen LogP contribution in [0.5, 0.6) is 0 Å². The fourth-order valence-corrected chi connectivity index (χ4v) is 3.47. The van der Waals surface area contributed by atoms with Crippen molar-refractivity contribution in [3.05, 3.63) is 11.8 Å². The molecular weight excluding hydrogens is 276 g/mol. The zero-order valence-electron chi connectivity index (χ0n) is 12.3. The van der Waals surface area contributed by atoms with E-state index in [1.165, 1.54) is 13.3 Å². The van der Waals surface area contributed by atoms with Crippen LogP contribution in [-0.2, 0) is 19.0 Å². The first-order valence-electron chi connectivity index (χ1n) is 7.21. The standard InChI is InChI=1S/C14H20N2O5/c1-4-16-11(17)8-6-19-12(20-13(18)15-3)10-7(8)5-9-14(10,2)21-9/h6-7,9-10,12H,4-5H2,1-3H3,(H,15,18)(H,16,17)/t7-,9+,10-,12+,14+/m1/s1. The van der Waals surface area contributed by atoms with E-state index in [1.54, 1.807) is 0 Å². The number of likely N-dealkylation sites (N-methyl/N-ethyl adjacent to an activating group) is 1. The van der Waals surface area contributed by atoms with Gasteiger partial charge in [-0.25, -0.2) is 4.79 Å². The summed E-state index contributed by atoms with van der Waals surface area (Å²) in [5.41, 5.74) is 0.227. The molecule has 2 aliphatic heterocycles. The monoisotopic (exact) mass is 296 g/mol.